The van der Waals surface area contributed by atoms with Crippen molar-refractivity contribution in [2.75, 3.05) is 6.54 Å². The van der Waals surface area contributed by atoms with E-state index in [1.807, 2.05) is 6.92 Å². The van der Waals surface area contributed by atoms with Gasteiger partial charge >= 0.3 is 6.18 Å². The normalized spacial score (nSPS) is 11.8. The Morgan fingerprint density at radius 1 is 1.30 bits per heavy atom. The van der Waals surface area contributed by atoms with Crippen molar-refractivity contribution in [3.05, 3.63) is 36.0 Å². The van der Waals surface area contributed by atoms with E-state index in [2.05, 4.69) is 20.4 Å². The summed E-state index contributed by atoms with van der Waals surface area (Å²) in [4.78, 5) is 8.18. The van der Waals surface area contributed by atoms with E-state index in [0.717, 1.165) is 23.7 Å². The van der Waals surface area contributed by atoms with Gasteiger partial charge in [-0.05, 0) is 19.0 Å². The molecule has 1 N–H and O–H groups in total. The summed E-state index contributed by atoms with van der Waals surface area (Å²) in [7, 11) is 0. The molecule has 2 rings (SSSR count). The standard InChI is InChI=1S/C12H14F3N5/c1-2-4-16-6-9-7-17-8-11(18-9)20-5-3-10(19-20)12(13,14)15/h3,5,7-8,16H,2,4,6H2,1H3. The molecule has 0 aliphatic heterocycles. The third-order valence-corrected chi connectivity index (χ3v) is 2.52. The zero-order chi connectivity index (χ0) is 14.6. The van der Waals surface area contributed by atoms with Crippen LogP contribution in [0.25, 0.3) is 5.82 Å². The second kappa shape index (κ2) is 6.00. The predicted molar refractivity (Wildman–Crippen MR) is 66.2 cm³/mol. The van der Waals surface area contributed by atoms with Crippen molar-refractivity contribution in [3.8, 4) is 5.82 Å². The molecule has 0 atom stereocenters. The Hall–Kier alpha value is -1.96. The van der Waals surface area contributed by atoms with Gasteiger partial charge in [0.25, 0.3) is 0 Å². The fourth-order valence-electron chi connectivity index (χ4n) is 1.59. The van der Waals surface area contributed by atoms with Gasteiger partial charge in [-0.3, -0.25) is 4.98 Å². The van der Waals surface area contributed by atoms with E-state index in [0.29, 0.717) is 12.2 Å². The summed E-state index contributed by atoms with van der Waals surface area (Å²) in [5.41, 5.74) is -0.297. The van der Waals surface area contributed by atoms with Gasteiger partial charge in [0.1, 0.15) is 0 Å². The molecule has 0 saturated carbocycles. The highest BCUT2D eigenvalue weighted by Gasteiger charge is 2.33. The number of nitrogens with zero attached hydrogens (tertiary/aromatic N) is 4. The van der Waals surface area contributed by atoms with Crippen LogP contribution >= 0.6 is 0 Å². The first-order valence-electron chi connectivity index (χ1n) is 6.15. The molecule has 0 radical (unpaired) electrons. The van der Waals surface area contributed by atoms with Crippen molar-refractivity contribution >= 4 is 0 Å². The van der Waals surface area contributed by atoms with E-state index in [1.54, 1.807) is 6.20 Å². The number of nitrogens with one attached hydrogen (secondary N) is 1. The zero-order valence-corrected chi connectivity index (χ0v) is 10.9. The van der Waals surface area contributed by atoms with Crippen molar-refractivity contribution < 1.29 is 13.2 Å². The lowest BCUT2D eigenvalue weighted by Crippen LogP contribution is -2.16. The van der Waals surface area contributed by atoms with Gasteiger partial charge in [0.15, 0.2) is 11.5 Å². The van der Waals surface area contributed by atoms with Crippen molar-refractivity contribution in [2.24, 2.45) is 0 Å². The summed E-state index contributed by atoms with van der Waals surface area (Å²) in [6.07, 6.45) is 0.688. The van der Waals surface area contributed by atoms with Crippen LogP contribution in [0.4, 0.5) is 13.2 Å². The molecule has 0 aromatic carbocycles. The van der Waals surface area contributed by atoms with Crippen molar-refractivity contribution in [1.29, 1.82) is 0 Å². The Bertz CT molecular complexity index is 564. The third kappa shape index (κ3) is 3.53. The van der Waals surface area contributed by atoms with E-state index in [-0.39, 0.29) is 5.82 Å². The summed E-state index contributed by atoms with van der Waals surface area (Å²) in [5.74, 6) is 0.260. The van der Waals surface area contributed by atoms with Crippen LogP contribution in [0.15, 0.2) is 24.7 Å². The van der Waals surface area contributed by atoms with Crippen LogP contribution in [0.1, 0.15) is 24.7 Å². The van der Waals surface area contributed by atoms with Crippen molar-refractivity contribution in [2.45, 2.75) is 26.1 Å². The highest BCUT2D eigenvalue weighted by molar-refractivity contribution is 5.20. The minimum atomic E-state index is -4.46. The first kappa shape index (κ1) is 14.4. The maximum absolute atomic E-state index is 12.5. The van der Waals surface area contributed by atoms with Gasteiger partial charge in [0.2, 0.25) is 0 Å². The molecule has 2 aromatic rings. The molecule has 0 unspecified atom stereocenters. The van der Waals surface area contributed by atoms with Gasteiger partial charge in [0.05, 0.1) is 11.9 Å². The summed E-state index contributed by atoms with van der Waals surface area (Å²) in [6.45, 7) is 3.39. The summed E-state index contributed by atoms with van der Waals surface area (Å²) in [5, 5.41) is 6.61. The summed E-state index contributed by atoms with van der Waals surface area (Å²) >= 11 is 0. The average Bonchev–Trinajstić information content (AvgIpc) is 2.89. The van der Waals surface area contributed by atoms with E-state index < -0.39 is 11.9 Å². The van der Waals surface area contributed by atoms with E-state index in [4.69, 9.17) is 0 Å². The Labute approximate surface area is 113 Å². The molecular weight excluding hydrogens is 271 g/mol. The number of hydrogen-bond donors (Lipinski definition) is 1. The molecule has 0 fully saturated rings. The number of alkyl halides is 3. The Morgan fingerprint density at radius 3 is 2.75 bits per heavy atom. The number of rotatable bonds is 5. The fraction of sp³-hybridized carbons (Fsp3) is 0.417. The largest absolute Gasteiger partial charge is 0.435 e. The number of aromatic nitrogens is 4. The van der Waals surface area contributed by atoms with E-state index in [1.165, 1.54) is 12.4 Å². The highest BCUT2D eigenvalue weighted by atomic mass is 19.4. The van der Waals surface area contributed by atoms with Gasteiger partial charge < -0.3 is 5.32 Å². The second-order valence-electron chi connectivity index (χ2n) is 4.19. The second-order valence-corrected chi connectivity index (χ2v) is 4.19. The van der Waals surface area contributed by atoms with Crippen molar-refractivity contribution in [1.82, 2.24) is 25.1 Å². The average molecular weight is 285 g/mol. The molecule has 0 spiro atoms. The SMILES string of the molecule is CCCNCc1cncc(-n2ccc(C(F)(F)F)n2)n1. The fourth-order valence-corrected chi connectivity index (χ4v) is 1.59. The van der Waals surface area contributed by atoms with Crippen LogP contribution in [0.3, 0.4) is 0 Å². The molecular formula is C12H14F3N5. The van der Waals surface area contributed by atoms with Crippen LogP contribution in [0, 0.1) is 0 Å². The maximum atomic E-state index is 12.5. The van der Waals surface area contributed by atoms with Crippen LogP contribution in [-0.2, 0) is 12.7 Å². The maximum Gasteiger partial charge on any atom is 0.435 e. The quantitative estimate of drug-likeness (QED) is 0.856. The molecule has 108 valence electrons. The molecule has 5 nitrogen and oxygen atoms in total. The molecule has 0 amide bonds. The summed E-state index contributed by atoms with van der Waals surface area (Å²) < 4.78 is 38.5. The lowest BCUT2D eigenvalue weighted by Gasteiger charge is -2.05. The minimum Gasteiger partial charge on any atom is -0.311 e. The topological polar surface area (TPSA) is 55.6 Å². The molecule has 0 aliphatic rings. The molecule has 8 heteroatoms. The third-order valence-electron chi connectivity index (χ3n) is 2.52. The molecule has 0 aliphatic carbocycles. The molecule has 0 saturated heterocycles. The molecule has 2 aromatic heterocycles. The van der Waals surface area contributed by atoms with Crippen LogP contribution in [0.2, 0.25) is 0 Å². The summed E-state index contributed by atoms with van der Waals surface area (Å²) in [6, 6.07) is 0.906. The van der Waals surface area contributed by atoms with Gasteiger partial charge in [-0.1, -0.05) is 6.92 Å². The Kier molecular flexibility index (Phi) is 4.33. The minimum absolute atomic E-state index is 0.260. The first-order chi connectivity index (χ1) is 9.50. The first-order valence-corrected chi connectivity index (χ1v) is 6.15. The lowest BCUT2D eigenvalue weighted by molar-refractivity contribution is -0.141. The number of hydrogen-bond acceptors (Lipinski definition) is 4. The van der Waals surface area contributed by atoms with E-state index >= 15 is 0 Å². The number of halogens is 3. The highest BCUT2D eigenvalue weighted by Crippen LogP contribution is 2.27. The molecule has 20 heavy (non-hydrogen) atoms. The zero-order valence-electron chi connectivity index (χ0n) is 10.9. The van der Waals surface area contributed by atoms with Crippen LogP contribution in [0.5, 0.6) is 0 Å². The lowest BCUT2D eigenvalue weighted by atomic mass is 10.4. The van der Waals surface area contributed by atoms with Gasteiger partial charge in [-0.15, -0.1) is 0 Å². The Balaban J connectivity index is 2.16. The van der Waals surface area contributed by atoms with Gasteiger partial charge in [0, 0.05) is 18.9 Å². The Morgan fingerprint density at radius 2 is 2.10 bits per heavy atom. The molecule has 2 heterocycles. The predicted octanol–water partition coefficient (Wildman–Crippen LogP) is 2.18. The van der Waals surface area contributed by atoms with Gasteiger partial charge in [-0.2, -0.15) is 18.3 Å². The smallest absolute Gasteiger partial charge is 0.311 e. The van der Waals surface area contributed by atoms with Crippen molar-refractivity contribution in [3.63, 3.8) is 0 Å². The monoisotopic (exact) mass is 285 g/mol. The van der Waals surface area contributed by atoms with Gasteiger partial charge in [-0.25, -0.2) is 9.67 Å². The van der Waals surface area contributed by atoms with Crippen LogP contribution < -0.4 is 5.32 Å². The van der Waals surface area contributed by atoms with E-state index in [9.17, 15) is 13.2 Å². The van der Waals surface area contributed by atoms with Crippen LogP contribution in [-0.4, -0.2) is 26.3 Å². The molecule has 0 bridgehead atoms.